The van der Waals surface area contributed by atoms with Gasteiger partial charge in [0.25, 0.3) is 0 Å². The van der Waals surface area contributed by atoms with Gasteiger partial charge in [0.05, 0.1) is 6.10 Å². The van der Waals surface area contributed by atoms with Crippen LogP contribution in [0.4, 0.5) is 0 Å². The van der Waals surface area contributed by atoms with Crippen molar-refractivity contribution < 1.29 is 5.11 Å². The molecule has 152 valence electrons. The van der Waals surface area contributed by atoms with Gasteiger partial charge in [-0.05, 0) is 32.6 Å². The summed E-state index contributed by atoms with van der Waals surface area (Å²) in [6.45, 7) is 5.38. The Kier molecular flexibility index (Phi) is 6.73. The summed E-state index contributed by atoms with van der Waals surface area (Å²) >= 11 is 0. The molecule has 3 N–H and O–H groups in total. The van der Waals surface area contributed by atoms with E-state index in [1.54, 1.807) is 0 Å². The zero-order chi connectivity index (χ0) is 19.3. The first-order chi connectivity index (χ1) is 13.0. The molecule has 2 fully saturated rings. The van der Waals surface area contributed by atoms with Crippen LogP contribution in [0.2, 0.25) is 0 Å². The maximum atomic E-state index is 10.5. The van der Waals surface area contributed by atoms with Gasteiger partial charge in [0.2, 0.25) is 0 Å². The smallest absolute Gasteiger partial charge is 0.191 e. The van der Waals surface area contributed by atoms with E-state index >= 15 is 0 Å². The third-order valence-corrected chi connectivity index (χ3v) is 6.45. The predicted octanol–water partition coefficient (Wildman–Crippen LogP) is 2.43. The zero-order valence-corrected chi connectivity index (χ0v) is 17.2. The second-order valence-corrected chi connectivity index (χ2v) is 8.64. The molecule has 0 spiro atoms. The summed E-state index contributed by atoms with van der Waals surface area (Å²) in [5.41, 5.74) is -0.0887. The summed E-state index contributed by atoms with van der Waals surface area (Å²) in [6.07, 6.45) is 10.3. The van der Waals surface area contributed by atoms with Crippen molar-refractivity contribution in [3.05, 3.63) is 11.6 Å². The number of hydrogen-bond donors (Lipinski definition) is 3. The molecule has 3 rings (SSSR count). The number of hydrogen-bond acceptors (Lipinski definition) is 4. The average molecular weight is 377 g/mol. The summed E-state index contributed by atoms with van der Waals surface area (Å²) in [4.78, 5) is 4.79. The van der Waals surface area contributed by atoms with E-state index in [9.17, 15) is 5.11 Å². The quantitative estimate of drug-likeness (QED) is 0.543. The first-order valence-corrected chi connectivity index (χ1v) is 10.6. The molecule has 2 aliphatic carbocycles. The molecule has 1 aromatic heterocycles. The molecule has 7 nitrogen and oxygen atoms in total. The Balaban J connectivity index is 1.66. The summed E-state index contributed by atoms with van der Waals surface area (Å²) in [5, 5.41) is 26.0. The summed E-state index contributed by atoms with van der Waals surface area (Å²) < 4.78 is 1.98. The van der Waals surface area contributed by atoms with Gasteiger partial charge in [-0.2, -0.15) is 0 Å². The Bertz CT molecular complexity index is 636. The van der Waals surface area contributed by atoms with Crippen molar-refractivity contribution in [2.24, 2.45) is 17.5 Å². The highest BCUT2D eigenvalue weighted by Crippen LogP contribution is 2.35. The van der Waals surface area contributed by atoms with Crippen LogP contribution in [0.1, 0.15) is 76.4 Å². The summed E-state index contributed by atoms with van der Waals surface area (Å²) in [5.74, 6) is 2.59. The molecule has 2 unspecified atom stereocenters. The molecule has 0 aromatic carbocycles. The van der Waals surface area contributed by atoms with Gasteiger partial charge in [-0.1, -0.05) is 39.0 Å². The molecule has 0 radical (unpaired) electrons. The molecule has 2 atom stereocenters. The van der Waals surface area contributed by atoms with Crippen LogP contribution < -0.4 is 10.6 Å². The first-order valence-electron chi connectivity index (χ1n) is 10.6. The summed E-state index contributed by atoms with van der Waals surface area (Å²) in [6, 6.07) is 0.482. The van der Waals surface area contributed by atoms with Crippen LogP contribution in [0.3, 0.4) is 0 Å². The fourth-order valence-electron chi connectivity index (χ4n) is 4.20. The Morgan fingerprint density at radius 1 is 1.19 bits per heavy atom. The molecule has 0 bridgehead atoms. The predicted molar refractivity (Wildman–Crippen MR) is 107 cm³/mol. The van der Waals surface area contributed by atoms with E-state index in [1.807, 2.05) is 18.5 Å². The van der Waals surface area contributed by atoms with Crippen molar-refractivity contribution in [1.29, 1.82) is 0 Å². The normalized spacial score (nSPS) is 27.6. The lowest BCUT2D eigenvalue weighted by atomic mass is 9.73. The fourth-order valence-corrected chi connectivity index (χ4v) is 4.20. The second kappa shape index (κ2) is 9.04. The highest BCUT2D eigenvalue weighted by molar-refractivity contribution is 5.80. The van der Waals surface area contributed by atoms with Gasteiger partial charge < -0.3 is 20.3 Å². The molecular weight excluding hydrogens is 340 g/mol. The third-order valence-electron chi connectivity index (χ3n) is 6.45. The van der Waals surface area contributed by atoms with Crippen molar-refractivity contribution in [2.45, 2.75) is 90.3 Å². The van der Waals surface area contributed by atoms with E-state index in [0.717, 1.165) is 43.4 Å². The van der Waals surface area contributed by atoms with E-state index < -0.39 is 0 Å². The number of aliphatic imine (C=N–C) groups is 1. The number of aliphatic hydroxyl groups excluding tert-OH is 1. The average Bonchev–Trinajstić information content (AvgIpc) is 2.99. The molecule has 2 aliphatic rings. The molecule has 7 heteroatoms. The van der Waals surface area contributed by atoms with Crippen LogP contribution >= 0.6 is 0 Å². The van der Waals surface area contributed by atoms with Crippen LogP contribution in [0.25, 0.3) is 0 Å². The van der Waals surface area contributed by atoms with Crippen LogP contribution in [-0.4, -0.2) is 44.5 Å². The Morgan fingerprint density at radius 2 is 1.93 bits per heavy atom. The van der Waals surface area contributed by atoms with Gasteiger partial charge in [0, 0.05) is 25.0 Å². The van der Waals surface area contributed by atoms with Crippen LogP contribution in [0, 0.1) is 12.3 Å². The van der Waals surface area contributed by atoms with E-state index in [4.69, 9.17) is 4.99 Å². The molecular formula is C20H36N6O. The van der Waals surface area contributed by atoms with Crippen molar-refractivity contribution in [3.63, 3.8) is 0 Å². The number of guanidine groups is 1. The molecule has 0 amide bonds. The lowest BCUT2D eigenvalue weighted by molar-refractivity contribution is 0.00393. The van der Waals surface area contributed by atoms with Gasteiger partial charge >= 0.3 is 0 Å². The van der Waals surface area contributed by atoms with Crippen LogP contribution in [0.5, 0.6) is 0 Å². The monoisotopic (exact) mass is 376 g/mol. The number of nitrogens with zero attached hydrogens (tertiary/aromatic N) is 4. The Morgan fingerprint density at radius 3 is 2.59 bits per heavy atom. The molecule has 0 saturated heterocycles. The van der Waals surface area contributed by atoms with Gasteiger partial charge in [-0.3, -0.25) is 0 Å². The SMILES string of the molecule is Cc1nnc(CN=C(NCC2(C)CCCCC2O)NC2CCCCC2)n1C. The zero-order valence-electron chi connectivity index (χ0n) is 17.2. The van der Waals surface area contributed by atoms with E-state index in [-0.39, 0.29) is 11.5 Å². The van der Waals surface area contributed by atoms with Crippen molar-refractivity contribution >= 4 is 5.96 Å². The minimum absolute atomic E-state index is 0.0887. The van der Waals surface area contributed by atoms with Gasteiger partial charge in [0.1, 0.15) is 12.4 Å². The van der Waals surface area contributed by atoms with E-state index in [2.05, 4.69) is 27.8 Å². The van der Waals surface area contributed by atoms with Crippen molar-refractivity contribution in [3.8, 4) is 0 Å². The number of rotatable bonds is 5. The van der Waals surface area contributed by atoms with Crippen molar-refractivity contribution in [2.75, 3.05) is 6.54 Å². The number of aryl methyl sites for hydroxylation is 1. The van der Waals surface area contributed by atoms with Gasteiger partial charge in [0.15, 0.2) is 11.8 Å². The lowest BCUT2D eigenvalue weighted by Gasteiger charge is -2.39. The van der Waals surface area contributed by atoms with Crippen molar-refractivity contribution in [1.82, 2.24) is 25.4 Å². The number of nitrogens with one attached hydrogen (secondary N) is 2. The maximum Gasteiger partial charge on any atom is 0.191 e. The highest BCUT2D eigenvalue weighted by Gasteiger charge is 2.35. The minimum atomic E-state index is -0.240. The molecule has 27 heavy (non-hydrogen) atoms. The van der Waals surface area contributed by atoms with E-state index in [0.29, 0.717) is 12.6 Å². The maximum absolute atomic E-state index is 10.5. The molecule has 2 saturated carbocycles. The highest BCUT2D eigenvalue weighted by atomic mass is 16.3. The van der Waals surface area contributed by atoms with Gasteiger partial charge in [-0.15, -0.1) is 10.2 Å². The Labute approximate surface area is 163 Å². The fraction of sp³-hybridized carbons (Fsp3) is 0.850. The third kappa shape index (κ3) is 5.21. The second-order valence-electron chi connectivity index (χ2n) is 8.64. The van der Waals surface area contributed by atoms with Crippen LogP contribution in [-0.2, 0) is 13.6 Å². The van der Waals surface area contributed by atoms with E-state index in [1.165, 1.54) is 38.5 Å². The van der Waals surface area contributed by atoms with Gasteiger partial charge in [-0.25, -0.2) is 4.99 Å². The standard InChI is InChI=1S/C20H36N6O/c1-15-24-25-18(26(15)3)13-21-19(23-16-9-5-4-6-10-16)22-14-20(2)12-8-7-11-17(20)27/h16-17,27H,4-14H2,1-3H3,(H2,21,22,23). The molecule has 1 heterocycles. The number of aromatic nitrogens is 3. The summed E-state index contributed by atoms with van der Waals surface area (Å²) in [7, 11) is 1.97. The number of aliphatic hydroxyl groups is 1. The first kappa shape index (κ1) is 20.1. The minimum Gasteiger partial charge on any atom is -0.392 e. The largest absolute Gasteiger partial charge is 0.392 e. The lowest BCUT2D eigenvalue weighted by Crippen LogP contribution is -2.50. The molecule has 1 aromatic rings. The molecule has 0 aliphatic heterocycles. The van der Waals surface area contributed by atoms with Crippen LogP contribution in [0.15, 0.2) is 4.99 Å². The Hall–Kier alpha value is -1.63. The topological polar surface area (TPSA) is 87.4 Å².